The molecule has 0 saturated carbocycles. The van der Waals surface area contributed by atoms with Gasteiger partial charge in [0.05, 0.1) is 12.5 Å². The zero-order valence-corrected chi connectivity index (χ0v) is 15.6. The lowest BCUT2D eigenvalue weighted by Crippen LogP contribution is -2.34. The van der Waals surface area contributed by atoms with Crippen molar-refractivity contribution in [3.05, 3.63) is 47.3 Å². The Hall–Kier alpha value is -2.84. The summed E-state index contributed by atoms with van der Waals surface area (Å²) in [4.78, 5) is 26.2. The van der Waals surface area contributed by atoms with Crippen molar-refractivity contribution >= 4 is 17.5 Å². The number of anilines is 1. The third-order valence-corrected chi connectivity index (χ3v) is 4.87. The molecule has 9 heteroatoms. The van der Waals surface area contributed by atoms with Crippen LogP contribution >= 0.6 is 0 Å². The summed E-state index contributed by atoms with van der Waals surface area (Å²) in [6.07, 6.45) is -3.16. The van der Waals surface area contributed by atoms with Crippen molar-refractivity contribution < 1.29 is 22.8 Å². The first kappa shape index (κ1) is 19.9. The maximum atomic E-state index is 12.5. The van der Waals surface area contributed by atoms with E-state index in [1.54, 1.807) is 4.90 Å². The molecule has 2 heterocycles. The molecule has 150 valence electrons. The summed E-state index contributed by atoms with van der Waals surface area (Å²) in [5.74, 6) is -0.898. The molecule has 1 saturated heterocycles. The minimum Gasteiger partial charge on any atom is -0.354 e. The Balaban J connectivity index is 1.53. The zero-order valence-electron chi connectivity index (χ0n) is 15.6. The van der Waals surface area contributed by atoms with E-state index in [9.17, 15) is 22.8 Å². The Kier molecular flexibility index (Phi) is 5.44. The number of amides is 2. The number of halogens is 3. The number of nitrogens with one attached hydrogen (secondary N) is 1. The molecule has 2 aromatic rings. The number of hydrogen-bond donors (Lipinski definition) is 1. The van der Waals surface area contributed by atoms with E-state index in [4.69, 9.17) is 0 Å². The van der Waals surface area contributed by atoms with Gasteiger partial charge in [-0.3, -0.25) is 14.3 Å². The topological polar surface area (TPSA) is 67.2 Å². The van der Waals surface area contributed by atoms with Gasteiger partial charge >= 0.3 is 6.18 Å². The van der Waals surface area contributed by atoms with Gasteiger partial charge in [0.15, 0.2) is 5.69 Å². The molecule has 0 bridgehead atoms. The molecule has 0 unspecified atom stereocenters. The lowest BCUT2D eigenvalue weighted by Gasteiger charge is -2.18. The Morgan fingerprint density at radius 2 is 2.00 bits per heavy atom. The van der Waals surface area contributed by atoms with E-state index in [0.717, 1.165) is 27.6 Å². The van der Waals surface area contributed by atoms with Gasteiger partial charge in [0.2, 0.25) is 11.8 Å². The number of carbonyl (C=O) groups is 2. The Bertz CT molecular complexity index is 892. The van der Waals surface area contributed by atoms with Gasteiger partial charge in [-0.1, -0.05) is 6.07 Å². The van der Waals surface area contributed by atoms with Crippen LogP contribution in [0.2, 0.25) is 0 Å². The van der Waals surface area contributed by atoms with E-state index in [-0.39, 0.29) is 37.9 Å². The fourth-order valence-corrected chi connectivity index (χ4v) is 3.10. The highest BCUT2D eigenvalue weighted by Crippen LogP contribution is 2.28. The maximum Gasteiger partial charge on any atom is 0.435 e. The number of benzene rings is 1. The van der Waals surface area contributed by atoms with E-state index >= 15 is 0 Å². The lowest BCUT2D eigenvalue weighted by molar-refractivity contribution is -0.141. The summed E-state index contributed by atoms with van der Waals surface area (Å²) in [5, 5.41) is 6.11. The van der Waals surface area contributed by atoms with Gasteiger partial charge < -0.3 is 10.2 Å². The van der Waals surface area contributed by atoms with Crippen molar-refractivity contribution in [2.75, 3.05) is 18.0 Å². The van der Waals surface area contributed by atoms with Crippen LogP contribution in [0.25, 0.3) is 0 Å². The molecule has 0 aliphatic carbocycles. The van der Waals surface area contributed by atoms with Crippen molar-refractivity contribution in [2.24, 2.45) is 5.92 Å². The first-order chi connectivity index (χ1) is 13.1. The zero-order chi connectivity index (χ0) is 20.5. The highest BCUT2D eigenvalue weighted by molar-refractivity contribution is 6.00. The average molecular weight is 394 g/mol. The predicted octanol–water partition coefficient (Wildman–Crippen LogP) is 2.69. The maximum absolute atomic E-state index is 12.5. The fourth-order valence-electron chi connectivity index (χ4n) is 3.10. The van der Waals surface area contributed by atoms with Gasteiger partial charge in [-0.15, -0.1) is 0 Å². The van der Waals surface area contributed by atoms with E-state index in [1.165, 1.54) is 6.20 Å². The van der Waals surface area contributed by atoms with E-state index < -0.39 is 17.8 Å². The summed E-state index contributed by atoms with van der Waals surface area (Å²) < 4.78 is 38.7. The van der Waals surface area contributed by atoms with Crippen LogP contribution in [-0.4, -0.2) is 34.7 Å². The van der Waals surface area contributed by atoms with Crippen molar-refractivity contribution in [1.29, 1.82) is 0 Å². The monoisotopic (exact) mass is 394 g/mol. The first-order valence-corrected chi connectivity index (χ1v) is 8.91. The molecule has 6 nitrogen and oxygen atoms in total. The van der Waals surface area contributed by atoms with Gasteiger partial charge in [0, 0.05) is 31.4 Å². The smallest absolute Gasteiger partial charge is 0.354 e. The van der Waals surface area contributed by atoms with Crippen molar-refractivity contribution in [1.82, 2.24) is 15.1 Å². The average Bonchev–Trinajstić information content (AvgIpc) is 3.24. The normalized spacial score (nSPS) is 17.2. The molecule has 2 amide bonds. The molecular formula is C19H21F3N4O2. The summed E-state index contributed by atoms with van der Waals surface area (Å²) in [6, 6.07) is 6.60. The lowest BCUT2D eigenvalue weighted by atomic mass is 10.1. The van der Waals surface area contributed by atoms with Crippen molar-refractivity contribution in [3.63, 3.8) is 0 Å². The van der Waals surface area contributed by atoms with Crippen LogP contribution in [0, 0.1) is 19.8 Å². The third kappa shape index (κ3) is 4.35. The SMILES string of the molecule is Cc1ccc(N2C[C@H](C(=O)NCCn3ccc(C(F)(F)F)n3)CC2=O)cc1C. The van der Waals surface area contributed by atoms with Crippen LogP contribution < -0.4 is 10.2 Å². The highest BCUT2D eigenvalue weighted by atomic mass is 19.4. The molecule has 1 aromatic carbocycles. The standard InChI is InChI=1S/C19H21F3N4O2/c1-12-3-4-15(9-13(12)2)26-11-14(10-17(26)27)18(28)23-6-8-25-7-5-16(24-25)19(20,21)22/h3-5,7,9,14H,6,8,10-11H2,1-2H3,(H,23,28)/t14-/m1/s1. The second-order valence-electron chi connectivity index (χ2n) is 6.93. The molecule has 1 aromatic heterocycles. The van der Waals surface area contributed by atoms with Crippen molar-refractivity contribution in [2.45, 2.75) is 33.0 Å². The summed E-state index contributed by atoms with van der Waals surface area (Å²) in [7, 11) is 0. The number of carbonyl (C=O) groups excluding carboxylic acids is 2. The van der Waals surface area contributed by atoms with E-state index in [2.05, 4.69) is 10.4 Å². The van der Waals surface area contributed by atoms with Crippen LogP contribution in [0.1, 0.15) is 23.2 Å². The minimum atomic E-state index is -4.49. The van der Waals surface area contributed by atoms with Crippen LogP contribution in [-0.2, 0) is 22.3 Å². The number of nitrogens with zero attached hydrogens (tertiary/aromatic N) is 3. The fraction of sp³-hybridized carbons (Fsp3) is 0.421. The van der Waals surface area contributed by atoms with E-state index in [0.29, 0.717) is 0 Å². The second-order valence-corrected chi connectivity index (χ2v) is 6.93. The molecule has 0 radical (unpaired) electrons. The molecule has 3 rings (SSSR count). The van der Waals surface area contributed by atoms with Gasteiger partial charge in [0.1, 0.15) is 0 Å². The van der Waals surface area contributed by atoms with Crippen molar-refractivity contribution in [3.8, 4) is 0 Å². The molecule has 1 fully saturated rings. The molecular weight excluding hydrogens is 373 g/mol. The summed E-state index contributed by atoms with van der Waals surface area (Å²) in [6.45, 7) is 4.48. The largest absolute Gasteiger partial charge is 0.435 e. The Morgan fingerprint density at radius 3 is 2.64 bits per heavy atom. The number of alkyl halides is 3. The Labute approximate surface area is 160 Å². The third-order valence-electron chi connectivity index (χ3n) is 4.87. The van der Waals surface area contributed by atoms with Crippen LogP contribution in [0.3, 0.4) is 0 Å². The second kappa shape index (κ2) is 7.65. The predicted molar refractivity (Wildman–Crippen MR) is 96.6 cm³/mol. The van der Waals surface area contributed by atoms with Crippen LogP contribution in [0.4, 0.5) is 18.9 Å². The van der Waals surface area contributed by atoms with Gasteiger partial charge in [-0.25, -0.2) is 0 Å². The molecule has 1 N–H and O–H groups in total. The molecule has 1 atom stereocenters. The van der Waals surface area contributed by atoms with Crippen LogP contribution in [0.5, 0.6) is 0 Å². The number of aryl methyl sites for hydroxylation is 2. The molecule has 1 aliphatic rings. The summed E-state index contributed by atoms with van der Waals surface area (Å²) >= 11 is 0. The number of aromatic nitrogens is 2. The first-order valence-electron chi connectivity index (χ1n) is 8.91. The molecule has 1 aliphatic heterocycles. The van der Waals surface area contributed by atoms with Gasteiger partial charge in [-0.05, 0) is 43.2 Å². The van der Waals surface area contributed by atoms with Gasteiger partial charge in [0.25, 0.3) is 0 Å². The minimum absolute atomic E-state index is 0.110. The number of hydrogen-bond acceptors (Lipinski definition) is 3. The van der Waals surface area contributed by atoms with E-state index in [1.807, 2.05) is 32.0 Å². The quantitative estimate of drug-likeness (QED) is 0.848. The van der Waals surface area contributed by atoms with Crippen LogP contribution in [0.15, 0.2) is 30.5 Å². The number of rotatable bonds is 5. The van der Waals surface area contributed by atoms with Gasteiger partial charge in [-0.2, -0.15) is 18.3 Å². The molecule has 0 spiro atoms. The molecule has 28 heavy (non-hydrogen) atoms. The summed E-state index contributed by atoms with van der Waals surface area (Å²) in [5.41, 5.74) is 1.98. The Morgan fingerprint density at radius 1 is 1.25 bits per heavy atom. The highest BCUT2D eigenvalue weighted by Gasteiger charge is 2.35.